The van der Waals surface area contributed by atoms with Crippen molar-refractivity contribution in [3.8, 4) is 0 Å². The van der Waals surface area contributed by atoms with Gasteiger partial charge in [-0.15, -0.1) is 0 Å². The van der Waals surface area contributed by atoms with Gasteiger partial charge in [0.1, 0.15) is 6.54 Å². The molecule has 2 rings (SSSR count). The number of hydrogen-bond acceptors (Lipinski definition) is 3. The highest BCUT2D eigenvalue weighted by Crippen LogP contribution is 2.36. The van der Waals surface area contributed by atoms with E-state index in [0.717, 1.165) is 17.7 Å². The average molecular weight is 386 g/mol. The summed E-state index contributed by atoms with van der Waals surface area (Å²) in [5, 5.41) is 1.89. The van der Waals surface area contributed by atoms with E-state index in [1.807, 2.05) is 0 Å². The van der Waals surface area contributed by atoms with Gasteiger partial charge in [-0.05, 0) is 35.9 Å². The maximum absolute atomic E-state index is 12.9. The third-order valence-electron chi connectivity index (χ3n) is 3.46. The summed E-state index contributed by atoms with van der Waals surface area (Å²) in [5.74, 6) is -0.964. The van der Waals surface area contributed by atoms with Gasteiger partial charge in [-0.1, -0.05) is 11.6 Å². The zero-order valence-corrected chi connectivity index (χ0v) is 14.4. The fraction of sp³-hybridized carbons (Fsp3) is 0.235. The van der Waals surface area contributed by atoms with Crippen molar-refractivity contribution >= 4 is 29.1 Å². The Balaban J connectivity index is 2.08. The van der Waals surface area contributed by atoms with Gasteiger partial charge >= 0.3 is 6.18 Å². The SMILES string of the molecule is CC(=O)N(CC(=O)Nc1ccc(Cl)c(C(F)(F)F)c1)Cc1ccncc1. The first-order valence-corrected chi connectivity index (χ1v) is 7.85. The lowest BCUT2D eigenvalue weighted by Crippen LogP contribution is -2.36. The molecule has 0 unspecified atom stereocenters. The monoisotopic (exact) mass is 385 g/mol. The van der Waals surface area contributed by atoms with Crippen LogP contribution in [-0.2, 0) is 22.3 Å². The van der Waals surface area contributed by atoms with Gasteiger partial charge in [0.05, 0.1) is 10.6 Å². The Bertz CT molecular complexity index is 798. The quantitative estimate of drug-likeness (QED) is 0.852. The van der Waals surface area contributed by atoms with Gasteiger partial charge in [0.15, 0.2) is 0 Å². The molecular weight excluding hydrogens is 371 g/mol. The summed E-state index contributed by atoms with van der Waals surface area (Å²) in [6, 6.07) is 6.46. The van der Waals surface area contributed by atoms with Crippen molar-refractivity contribution in [3.05, 3.63) is 58.9 Å². The van der Waals surface area contributed by atoms with Crippen LogP contribution in [0.3, 0.4) is 0 Å². The molecule has 0 aliphatic carbocycles. The van der Waals surface area contributed by atoms with Crippen molar-refractivity contribution in [3.63, 3.8) is 0 Å². The van der Waals surface area contributed by atoms with E-state index in [1.165, 1.54) is 17.9 Å². The van der Waals surface area contributed by atoms with Crippen molar-refractivity contribution < 1.29 is 22.8 Å². The summed E-state index contributed by atoms with van der Waals surface area (Å²) in [5.41, 5.74) is -0.329. The molecule has 5 nitrogen and oxygen atoms in total. The molecule has 0 saturated carbocycles. The fourth-order valence-electron chi connectivity index (χ4n) is 2.18. The summed E-state index contributed by atoms with van der Waals surface area (Å²) in [6.45, 7) is 1.18. The van der Waals surface area contributed by atoms with Crippen LogP contribution in [0.15, 0.2) is 42.7 Å². The number of nitrogens with one attached hydrogen (secondary N) is 1. The van der Waals surface area contributed by atoms with E-state index in [9.17, 15) is 22.8 Å². The maximum atomic E-state index is 12.9. The standard InChI is InChI=1S/C17H15ClF3N3O2/c1-11(25)24(9-12-4-6-22-7-5-12)10-16(26)23-13-2-3-15(18)14(8-13)17(19,20)21/h2-8H,9-10H2,1H3,(H,23,26). The molecule has 1 aromatic carbocycles. The Morgan fingerprint density at radius 1 is 1.19 bits per heavy atom. The van der Waals surface area contributed by atoms with Gasteiger partial charge in [-0.2, -0.15) is 13.2 Å². The molecule has 2 aromatic rings. The summed E-state index contributed by atoms with van der Waals surface area (Å²) in [7, 11) is 0. The van der Waals surface area contributed by atoms with Crippen LogP contribution in [0.1, 0.15) is 18.1 Å². The number of anilines is 1. The second kappa shape index (κ2) is 8.18. The summed E-state index contributed by atoms with van der Waals surface area (Å²) >= 11 is 5.54. The molecule has 138 valence electrons. The van der Waals surface area contributed by atoms with E-state index in [0.29, 0.717) is 0 Å². The van der Waals surface area contributed by atoms with Crippen LogP contribution in [0.2, 0.25) is 5.02 Å². The van der Waals surface area contributed by atoms with Crippen LogP contribution in [0.4, 0.5) is 18.9 Å². The van der Waals surface area contributed by atoms with Gasteiger partial charge in [0.2, 0.25) is 11.8 Å². The van der Waals surface area contributed by atoms with E-state index in [4.69, 9.17) is 11.6 Å². The fourth-order valence-corrected chi connectivity index (χ4v) is 2.41. The molecule has 26 heavy (non-hydrogen) atoms. The van der Waals surface area contributed by atoms with Crippen molar-refractivity contribution in [2.45, 2.75) is 19.6 Å². The highest BCUT2D eigenvalue weighted by Gasteiger charge is 2.33. The van der Waals surface area contributed by atoms with Gasteiger partial charge in [-0.25, -0.2) is 0 Å². The van der Waals surface area contributed by atoms with E-state index in [1.54, 1.807) is 24.5 Å². The number of carbonyl (C=O) groups is 2. The molecule has 9 heteroatoms. The van der Waals surface area contributed by atoms with Crippen LogP contribution in [0, 0.1) is 0 Å². The van der Waals surface area contributed by atoms with E-state index in [2.05, 4.69) is 10.3 Å². The summed E-state index contributed by atoms with van der Waals surface area (Å²) in [6.07, 6.45) is -1.52. The third kappa shape index (κ3) is 5.45. The molecule has 2 amide bonds. The van der Waals surface area contributed by atoms with E-state index in [-0.39, 0.29) is 24.7 Å². The van der Waals surface area contributed by atoms with Crippen molar-refractivity contribution in [2.24, 2.45) is 0 Å². The molecule has 0 atom stereocenters. The number of halogens is 4. The molecule has 0 spiro atoms. The molecule has 0 aliphatic rings. The smallest absolute Gasteiger partial charge is 0.329 e. The van der Waals surface area contributed by atoms with Crippen molar-refractivity contribution in [2.75, 3.05) is 11.9 Å². The lowest BCUT2D eigenvalue weighted by molar-refractivity contribution is -0.137. The van der Waals surface area contributed by atoms with E-state index >= 15 is 0 Å². The highest BCUT2D eigenvalue weighted by molar-refractivity contribution is 6.31. The molecule has 0 radical (unpaired) electrons. The lowest BCUT2D eigenvalue weighted by Gasteiger charge is -2.21. The van der Waals surface area contributed by atoms with Crippen molar-refractivity contribution in [1.29, 1.82) is 0 Å². The lowest BCUT2D eigenvalue weighted by atomic mass is 10.2. The zero-order valence-electron chi connectivity index (χ0n) is 13.7. The topological polar surface area (TPSA) is 62.3 Å². The maximum Gasteiger partial charge on any atom is 0.417 e. The Labute approximate surface area is 152 Å². The van der Waals surface area contributed by atoms with Crippen LogP contribution in [0.5, 0.6) is 0 Å². The van der Waals surface area contributed by atoms with Crippen LogP contribution < -0.4 is 5.32 Å². The molecule has 1 heterocycles. The summed E-state index contributed by atoms with van der Waals surface area (Å²) in [4.78, 5) is 29.0. The minimum atomic E-state index is -4.63. The number of benzene rings is 1. The molecule has 0 fully saturated rings. The number of alkyl halides is 3. The first-order valence-electron chi connectivity index (χ1n) is 7.48. The minimum Gasteiger partial charge on any atom is -0.329 e. The molecule has 0 aliphatic heterocycles. The predicted octanol–water partition coefficient (Wildman–Crippen LogP) is 3.74. The van der Waals surface area contributed by atoms with Gasteiger partial charge in [-0.3, -0.25) is 14.6 Å². The Kier molecular flexibility index (Phi) is 6.20. The number of nitrogens with zero attached hydrogens (tertiary/aromatic N) is 2. The number of pyridine rings is 1. The Morgan fingerprint density at radius 3 is 2.42 bits per heavy atom. The number of hydrogen-bond donors (Lipinski definition) is 1. The molecule has 1 aromatic heterocycles. The predicted molar refractivity (Wildman–Crippen MR) is 90.4 cm³/mol. The largest absolute Gasteiger partial charge is 0.417 e. The molecule has 0 saturated heterocycles. The zero-order chi connectivity index (χ0) is 19.3. The molecular formula is C17H15ClF3N3O2. The second-order valence-corrected chi connectivity index (χ2v) is 5.88. The Hall–Kier alpha value is -2.61. The first-order chi connectivity index (χ1) is 12.2. The summed E-state index contributed by atoms with van der Waals surface area (Å²) < 4.78 is 38.6. The molecule has 0 bridgehead atoms. The van der Waals surface area contributed by atoms with Crippen LogP contribution >= 0.6 is 11.6 Å². The normalized spacial score (nSPS) is 11.1. The second-order valence-electron chi connectivity index (χ2n) is 5.47. The van der Waals surface area contributed by atoms with E-state index < -0.39 is 22.7 Å². The number of carbonyl (C=O) groups excluding carboxylic acids is 2. The molecule has 1 N–H and O–H groups in total. The number of amides is 2. The van der Waals surface area contributed by atoms with Gasteiger partial charge < -0.3 is 10.2 Å². The Morgan fingerprint density at radius 2 is 1.85 bits per heavy atom. The third-order valence-corrected chi connectivity index (χ3v) is 3.79. The first kappa shape index (κ1) is 19.7. The van der Waals surface area contributed by atoms with Gasteiger partial charge in [0.25, 0.3) is 0 Å². The minimum absolute atomic E-state index is 0.0564. The van der Waals surface area contributed by atoms with Gasteiger partial charge in [0, 0.05) is 31.5 Å². The van der Waals surface area contributed by atoms with Crippen molar-refractivity contribution in [1.82, 2.24) is 9.88 Å². The average Bonchev–Trinajstić information content (AvgIpc) is 2.56. The highest BCUT2D eigenvalue weighted by atomic mass is 35.5. The van der Waals surface area contributed by atoms with Crippen LogP contribution in [-0.4, -0.2) is 28.2 Å². The number of rotatable bonds is 5. The van der Waals surface area contributed by atoms with Crippen LogP contribution in [0.25, 0.3) is 0 Å². The number of aromatic nitrogens is 1.